The van der Waals surface area contributed by atoms with Crippen molar-refractivity contribution in [2.24, 2.45) is 0 Å². The fraction of sp³-hybridized carbons (Fsp3) is 0.182. The number of aromatic nitrogens is 3. The molecule has 3 rings (SSSR count). The average Bonchev–Trinajstić information content (AvgIpc) is 3.02. The molecule has 92 valence electrons. The van der Waals surface area contributed by atoms with Gasteiger partial charge in [0.15, 0.2) is 5.89 Å². The van der Waals surface area contributed by atoms with Gasteiger partial charge in [-0.15, -0.1) is 11.3 Å². The zero-order valence-electron chi connectivity index (χ0n) is 9.80. The minimum atomic E-state index is 0.396. The zero-order valence-corrected chi connectivity index (χ0v) is 10.6. The topological polar surface area (TPSA) is 91.0 Å². The highest BCUT2D eigenvalue weighted by atomic mass is 32.1. The lowest BCUT2D eigenvalue weighted by atomic mass is 10.3. The molecule has 2 N–H and O–H groups in total. The molecule has 0 saturated heterocycles. The van der Waals surface area contributed by atoms with Crippen LogP contribution in [0.5, 0.6) is 0 Å². The third kappa shape index (κ3) is 1.68. The molecule has 0 aliphatic carbocycles. The Morgan fingerprint density at radius 3 is 2.72 bits per heavy atom. The molecule has 0 atom stereocenters. The van der Waals surface area contributed by atoms with E-state index in [0.29, 0.717) is 29.0 Å². The van der Waals surface area contributed by atoms with Crippen molar-refractivity contribution >= 4 is 17.0 Å². The summed E-state index contributed by atoms with van der Waals surface area (Å²) in [7, 11) is 0. The fourth-order valence-electron chi connectivity index (χ4n) is 1.50. The largest absolute Gasteiger partial charge is 0.449 e. The molecule has 0 fully saturated rings. The number of hydrogen-bond acceptors (Lipinski definition) is 7. The summed E-state index contributed by atoms with van der Waals surface area (Å²) in [6.45, 7) is 3.69. The summed E-state index contributed by atoms with van der Waals surface area (Å²) < 4.78 is 10.3. The molecule has 3 aromatic rings. The van der Waals surface area contributed by atoms with Crippen LogP contribution in [0.2, 0.25) is 0 Å². The number of anilines is 1. The lowest BCUT2D eigenvalue weighted by Gasteiger charge is -1.91. The maximum atomic E-state index is 5.94. The number of nitrogens with zero attached hydrogens (tertiary/aromatic N) is 3. The van der Waals surface area contributed by atoms with Gasteiger partial charge in [0, 0.05) is 6.92 Å². The molecule has 0 amide bonds. The SMILES string of the molecule is Cc1nc(-c2noc(-c3scc(C)c3N)n2)co1. The summed E-state index contributed by atoms with van der Waals surface area (Å²) in [6, 6.07) is 0. The van der Waals surface area contributed by atoms with E-state index in [1.807, 2.05) is 12.3 Å². The molecule has 3 aromatic heterocycles. The van der Waals surface area contributed by atoms with Crippen molar-refractivity contribution in [1.82, 2.24) is 15.1 Å². The smallest absolute Gasteiger partial charge is 0.270 e. The van der Waals surface area contributed by atoms with E-state index in [2.05, 4.69) is 15.1 Å². The normalized spacial score (nSPS) is 11.0. The molecule has 7 heteroatoms. The molecule has 18 heavy (non-hydrogen) atoms. The van der Waals surface area contributed by atoms with E-state index in [-0.39, 0.29) is 0 Å². The van der Waals surface area contributed by atoms with Crippen LogP contribution < -0.4 is 5.73 Å². The molecule has 6 nitrogen and oxygen atoms in total. The number of rotatable bonds is 2. The lowest BCUT2D eigenvalue weighted by molar-refractivity contribution is 0.433. The molecular weight excluding hydrogens is 252 g/mol. The van der Waals surface area contributed by atoms with Gasteiger partial charge in [-0.1, -0.05) is 5.16 Å². The van der Waals surface area contributed by atoms with Crippen LogP contribution in [0, 0.1) is 13.8 Å². The zero-order chi connectivity index (χ0) is 12.7. The third-order valence-corrected chi connectivity index (χ3v) is 3.59. The van der Waals surface area contributed by atoms with Gasteiger partial charge in [-0.25, -0.2) is 4.98 Å². The molecule has 0 unspecified atom stereocenters. The van der Waals surface area contributed by atoms with E-state index in [0.717, 1.165) is 10.4 Å². The summed E-state index contributed by atoms with van der Waals surface area (Å²) in [5.74, 6) is 1.36. The minimum absolute atomic E-state index is 0.396. The Labute approximate surface area is 106 Å². The third-order valence-electron chi connectivity index (χ3n) is 2.49. The first-order valence-electron chi connectivity index (χ1n) is 5.25. The van der Waals surface area contributed by atoms with Crippen LogP contribution in [0.4, 0.5) is 5.69 Å². The van der Waals surface area contributed by atoms with Crippen LogP contribution in [0.3, 0.4) is 0 Å². The van der Waals surface area contributed by atoms with Crippen molar-refractivity contribution in [3.63, 3.8) is 0 Å². The summed E-state index contributed by atoms with van der Waals surface area (Å²) in [4.78, 5) is 9.19. The first-order valence-corrected chi connectivity index (χ1v) is 6.13. The van der Waals surface area contributed by atoms with Gasteiger partial charge in [0.1, 0.15) is 16.8 Å². The molecule has 3 heterocycles. The second kappa shape index (κ2) is 3.95. The standard InChI is InChI=1S/C11H10N4O2S/c1-5-4-18-9(8(5)12)11-14-10(15-17-11)7-3-16-6(2)13-7/h3-4H,12H2,1-2H3. The average molecular weight is 262 g/mol. The lowest BCUT2D eigenvalue weighted by Crippen LogP contribution is -1.87. The Morgan fingerprint density at radius 2 is 2.11 bits per heavy atom. The molecule has 0 aliphatic rings. The van der Waals surface area contributed by atoms with Crippen LogP contribution in [0.15, 0.2) is 20.6 Å². The fourth-order valence-corrected chi connectivity index (χ4v) is 2.40. The number of nitrogens with two attached hydrogens (primary N) is 1. The Kier molecular flexibility index (Phi) is 2.41. The van der Waals surface area contributed by atoms with E-state index >= 15 is 0 Å². The van der Waals surface area contributed by atoms with E-state index < -0.39 is 0 Å². The summed E-state index contributed by atoms with van der Waals surface area (Å²) in [5.41, 5.74) is 8.16. The van der Waals surface area contributed by atoms with Gasteiger partial charge in [-0.3, -0.25) is 0 Å². The predicted molar refractivity (Wildman–Crippen MR) is 67.0 cm³/mol. The van der Waals surface area contributed by atoms with Gasteiger partial charge in [0.25, 0.3) is 5.89 Å². The van der Waals surface area contributed by atoms with Gasteiger partial charge in [0.2, 0.25) is 5.82 Å². The van der Waals surface area contributed by atoms with Gasteiger partial charge in [-0.2, -0.15) is 4.98 Å². The Hall–Kier alpha value is -2.15. The monoisotopic (exact) mass is 262 g/mol. The summed E-state index contributed by atoms with van der Waals surface area (Å²) in [6.07, 6.45) is 1.49. The highest BCUT2D eigenvalue weighted by molar-refractivity contribution is 7.14. The van der Waals surface area contributed by atoms with Crippen LogP contribution in [-0.2, 0) is 0 Å². The molecule has 0 radical (unpaired) electrons. The Morgan fingerprint density at radius 1 is 1.28 bits per heavy atom. The molecule has 0 aliphatic heterocycles. The molecule has 0 saturated carbocycles. The van der Waals surface area contributed by atoms with Gasteiger partial charge >= 0.3 is 0 Å². The quantitative estimate of drug-likeness (QED) is 0.763. The highest BCUT2D eigenvalue weighted by Gasteiger charge is 2.17. The van der Waals surface area contributed by atoms with E-state index in [9.17, 15) is 0 Å². The molecular formula is C11H10N4O2S. The number of hydrogen-bond donors (Lipinski definition) is 1. The Bertz CT molecular complexity index is 698. The number of aryl methyl sites for hydroxylation is 2. The van der Waals surface area contributed by atoms with Crippen LogP contribution >= 0.6 is 11.3 Å². The highest BCUT2D eigenvalue weighted by Crippen LogP contribution is 2.34. The first kappa shape index (κ1) is 11.0. The van der Waals surface area contributed by atoms with Crippen molar-refractivity contribution in [3.8, 4) is 22.3 Å². The molecule has 0 bridgehead atoms. The van der Waals surface area contributed by atoms with E-state index in [1.165, 1.54) is 17.6 Å². The Balaban J connectivity index is 2.01. The first-order chi connectivity index (χ1) is 8.65. The van der Waals surface area contributed by atoms with Gasteiger partial charge in [0.05, 0.1) is 5.69 Å². The van der Waals surface area contributed by atoms with Crippen LogP contribution in [0.1, 0.15) is 11.5 Å². The van der Waals surface area contributed by atoms with Gasteiger partial charge in [-0.05, 0) is 17.9 Å². The minimum Gasteiger partial charge on any atom is -0.449 e. The molecule has 0 spiro atoms. The van der Waals surface area contributed by atoms with Crippen molar-refractivity contribution in [2.45, 2.75) is 13.8 Å². The predicted octanol–water partition coefficient (Wildman–Crippen LogP) is 2.65. The van der Waals surface area contributed by atoms with Crippen molar-refractivity contribution < 1.29 is 8.94 Å². The van der Waals surface area contributed by atoms with E-state index in [4.69, 9.17) is 14.7 Å². The summed E-state index contributed by atoms with van der Waals surface area (Å²) >= 11 is 1.48. The molecule has 0 aromatic carbocycles. The second-order valence-electron chi connectivity index (χ2n) is 3.84. The number of oxazole rings is 1. The second-order valence-corrected chi connectivity index (χ2v) is 4.72. The van der Waals surface area contributed by atoms with Gasteiger partial charge < -0.3 is 14.7 Å². The summed E-state index contributed by atoms with van der Waals surface area (Å²) in [5, 5.41) is 5.82. The van der Waals surface area contributed by atoms with Crippen LogP contribution in [-0.4, -0.2) is 15.1 Å². The number of nitrogen functional groups attached to an aromatic ring is 1. The maximum Gasteiger partial charge on any atom is 0.270 e. The van der Waals surface area contributed by atoms with Crippen molar-refractivity contribution in [3.05, 3.63) is 23.1 Å². The maximum absolute atomic E-state index is 5.94. The van der Waals surface area contributed by atoms with Crippen molar-refractivity contribution in [1.29, 1.82) is 0 Å². The van der Waals surface area contributed by atoms with Crippen LogP contribution in [0.25, 0.3) is 22.3 Å². The van der Waals surface area contributed by atoms with E-state index in [1.54, 1.807) is 6.92 Å². The van der Waals surface area contributed by atoms with Crippen molar-refractivity contribution in [2.75, 3.05) is 5.73 Å². The number of thiophene rings is 1.